The van der Waals surface area contributed by atoms with Gasteiger partial charge in [-0.3, -0.25) is 19.4 Å². The molecule has 2 aliphatic rings. The zero-order valence-electron chi connectivity index (χ0n) is 9.89. The lowest BCUT2D eigenvalue weighted by Crippen LogP contribution is -2.56. The average molecular weight is 256 g/mol. The van der Waals surface area contributed by atoms with Gasteiger partial charge in [-0.25, -0.2) is 4.79 Å². The molecule has 3 amide bonds. The van der Waals surface area contributed by atoms with Gasteiger partial charge in [-0.1, -0.05) is 0 Å². The van der Waals surface area contributed by atoms with Gasteiger partial charge in [-0.2, -0.15) is 0 Å². The van der Waals surface area contributed by atoms with Gasteiger partial charge in [0.25, 0.3) is 0 Å². The van der Waals surface area contributed by atoms with Gasteiger partial charge in [0.05, 0.1) is 6.54 Å². The number of carbonyl (C=O) groups excluding carboxylic acids is 2. The number of piperazine rings is 1. The molecule has 2 heterocycles. The summed E-state index contributed by atoms with van der Waals surface area (Å²) in [5, 5.41) is 14.5. The van der Waals surface area contributed by atoms with Gasteiger partial charge < -0.3 is 15.7 Å². The number of hydrogen-bond donors (Lipinski definition) is 3. The van der Waals surface area contributed by atoms with Crippen molar-refractivity contribution >= 4 is 17.9 Å². The van der Waals surface area contributed by atoms with Crippen LogP contribution in [-0.4, -0.2) is 78.1 Å². The van der Waals surface area contributed by atoms with E-state index in [9.17, 15) is 14.4 Å². The second-order valence-electron chi connectivity index (χ2n) is 4.30. The third kappa shape index (κ3) is 2.59. The Kier molecular flexibility index (Phi) is 3.78. The number of imide groups is 1. The summed E-state index contributed by atoms with van der Waals surface area (Å²) in [5.74, 6) is -1.15. The summed E-state index contributed by atoms with van der Waals surface area (Å²) in [4.78, 5) is 36.6. The van der Waals surface area contributed by atoms with Gasteiger partial charge in [0.1, 0.15) is 6.04 Å². The molecule has 8 nitrogen and oxygen atoms in total. The van der Waals surface area contributed by atoms with E-state index in [0.717, 1.165) is 4.90 Å². The Labute approximate surface area is 104 Å². The zero-order chi connectivity index (χ0) is 13.1. The molecule has 100 valence electrons. The molecule has 0 saturated carbocycles. The predicted molar refractivity (Wildman–Crippen MR) is 61.0 cm³/mol. The van der Waals surface area contributed by atoms with E-state index in [-0.39, 0.29) is 19.0 Å². The van der Waals surface area contributed by atoms with Gasteiger partial charge in [0.15, 0.2) is 0 Å². The van der Waals surface area contributed by atoms with Crippen molar-refractivity contribution in [2.45, 2.75) is 6.04 Å². The smallest absolute Gasteiger partial charge is 0.324 e. The van der Waals surface area contributed by atoms with Crippen LogP contribution < -0.4 is 10.6 Å². The van der Waals surface area contributed by atoms with Crippen molar-refractivity contribution in [2.24, 2.45) is 0 Å². The Balaban J connectivity index is 1.90. The Morgan fingerprint density at radius 1 is 1.39 bits per heavy atom. The van der Waals surface area contributed by atoms with Crippen LogP contribution in [0.25, 0.3) is 0 Å². The minimum Gasteiger partial charge on any atom is -0.480 e. The maximum absolute atomic E-state index is 11.4. The second-order valence-corrected chi connectivity index (χ2v) is 4.30. The molecule has 0 aromatic heterocycles. The Morgan fingerprint density at radius 2 is 2.17 bits per heavy atom. The lowest BCUT2D eigenvalue weighted by molar-refractivity contribution is -0.143. The molecule has 0 radical (unpaired) electrons. The van der Waals surface area contributed by atoms with Crippen LogP contribution in [-0.2, 0) is 9.59 Å². The fraction of sp³-hybridized carbons (Fsp3) is 0.700. The monoisotopic (exact) mass is 256 g/mol. The lowest BCUT2D eigenvalue weighted by Gasteiger charge is -2.33. The third-order valence-electron chi connectivity index (χ3n) is 3.19. The number of nitrogens with one attached hydrogen (secondary N) is 2. The summed E-state index contributed by atoms with van der Waals surface area (Å²) in [6.45, 7) is 2.34. The van der Waals surface area contributed by atoms with Crippen LogP contribution >= 0.6 is 0 Å². The number of nitrogens with zero attached hydrogens (tertiary/aromatic N) is 2. The summed E-state index contributed by atoms with van der Waals surface area (Å²) in [7, 11) is 0. The van der Waals surface area contributed by atoms with Crippen LogP contribution in [0.5, 0.6) is 0 Å². The Hall–Kier alpha value is -1.67. The van der Waals surface area contributed by atoms with Crippen LogP contribution in [0.4, 0.5) is 4.79 Å². The van der Waals surface area contributed by atoms with Crippen LogP contribution in [0, 0.1) is 0 Å². The molecule has 2 saturated heterocycles. The quantitative estimate of drug-likeness (QED) is 0.498. The highest BCUT2D eigenvalue weighted by atomic mass is 16.4. The molecule has 8 heteroatoms. The van der Waals surface area contributed by atoms with E-state index in [2.05, 4.69) is 10.6 Å². The largest absolute Gasteiger partial charge is 0.480 e. The van der Waals surface area contributed by atoms with E-state index in [1.54, 1.807) is 4.90 Å². The molecule has 0 bridgehead atoms. The number of carboxylic acid groups (broad SMARTS) is 1. The highest BCUT2D eigenvalue weighted by Gasteiger charge is 2.32. The molecule has 2 rings (SSSR count). The normalized spacial score (nSPS) is 25.3. The van der Waals surface area contributed by atoms with Crippen molar-refractivity contribution in [2.75, 3.05) is 39.3 Å². The summed E-state index contributed by atoms with van der Waals surface area (Å²) in [6, 6.07) is -0.999. The molecule has 0 aromatic carbocycles. The maximum atomic E-state index is 11.4. The summed E-state index contributed by atoms with van der Waals surface area (Å²) in [6.07, 6.45) is 0. The van der Waals surface area contributed by atoms with Crippen molar-refractivity contribution in [3.8, 4) is 0 Å². The number of amides is 3. The van der Waals surface area contributed by atoms with Gasteiger partial charge in [0, 0.05) is 32.7 Å². The molecule has 1 atom stereocenters. The Bertz CT molecular complexity index is 357. The number of carbonyl (C=O) groups is 3. The van der Waals surface area contributed by atoms with Crippen LogP contribution in [0.1, 0.15) is 0 Å². The number of aliphatic carboxylic acids is 1. The van der Waals surface area contributed by atoms with Gasteiger partial charge in [-0.15, -0.1) is 0 Å². The number of urea groups is 1. The number of hydrogen-bond acceptors (Lipinski definition) is 5. The van der Waals surface area contributed by atoms with Crippen LogP contribution in [0.3, 0.4) is 0 Å². The molecule has 1 unspecified atom stereocenters. The van der Waals surface area contributed by atoms with E-state index in [4.69, 9.17) is 5.11 Å². The van der Waals surface area contributed by atoms with Gasteiger partial charge in [-0.05, 0) is 0 Å². The molecule has 2 fully saturated rings. The fourth-order valence-corrected chi connectivity index (χ4v) is 2.17. The van der Waals surface area contributed by atoms with Gasteiger partial charge >= 0.3 is 12.0 Å². The fourth-order valence-electron chi connectivity index (χ4n) is 2.17. The van der Waals surface area contributed by atoms with Crippen molar-refractivity contribution < 1.29 is 19.5 Å². The van der Waals surface area contributed by atoms with Crippen LogP contribution in [0.15, 0.2) is 0 Å². The first-order valence-corrected chi connectivity index (χ1v) is 5.85. The number of carboxylic acids is 1. The predicted octanol–water partition coefficient (Wildman–Crippen LogP) is -2.10. The van der Waals surface area contributed by atoms with E-state index < -0.39 is 18.0 Å². The molecule has 0 spiro atoms. The van der Waals surface area contributed by atoms with Crippen molar-refractivity contribution in [1.29, 1.82) is 0 Å². The number of rotatable bonds is 4. The van der Waals surface area contributed by atoms with E-state index in [1.807, 2.05) is 0 Å². The molecule has 0 aliphatic carbocycles. The molecular formula is C10H16N4O4. The second kappa shape index (κ2) is 5.32. The van der Waals surface area contributed by atoms with Crippen molar-refractivity contribution in [3.05, 3.63) is 0 Å². The molecule has 3 N–H and O–H groups in total. The maximum Gasteiger partial charge on any atom is 0.324 e. The minimum absolute atomic E-state index is 0.0305. The summed E-state index contributed by atoms with van der Waals surface area (Å²) < 4.78 is 0. The third-order valence-corrected chi connectivity index (χ3v) is 3.19. The molecular weight excluding hydrogens is 240 g/mol. The molecule has 2 aliphatic heterocycles. The topological polar surface area (TPSA) is 102 Å². The zero-order valence-corrected chi connectivity index (χ0v) is 9.89. The highest BCUT2D eigenvalue weighted by Crippen LogP contribution is 2.05. The molecule has 18 heavy (non-hydrogen) atoms. The van der Waals surface area contributed by atoms with E-state index in [1.165, 1.54) is 0 Å². The average Bonchev–Trinajstić information content (AvgIpc) is 2.67. The molecule has 0 aromatic rings. The first-order valence-electron chi connectivity index (χ1n) is 5.85. The first-order chi connectivity index (χ1) is 8.59. The summed E-state index contributed by atoms with van der Waals surface area (Å²) in [5.41, 5.74) is 0. The minimum atomic E-state index is -0.889. The van der Waals surface area contributed by atoms with Crippen molar-refractivity contribution in [1.82, 2.24) is 20.4 Å². The SMILES string of the molecule is O=C(O)C1CNCCN1CCN1C(=O)CNC1=O. The Morgan fingerprint density at radius 3 is 2.78 bits per heavy atom. The lowest BCUT2D eigenvalue weighted by atomic mass is 10.2. The van der Waals surface area contributed by atoms with Crippen molar-refractivity contribution in [3.63, 3.8) is 0 Å². The van der Waals surface area contributed by atoms with Gasteiger partial charge in [0.2, 0.25) is 5.91 Å². The highest BCUT2D eigenvalue weighted by molar-refractivity contribution is 6.01. The van der Waals surface area contributed by atoms with E-state index >= 15 is 0 Å². The first kappa shape index (κ1) is 12.8. The van der Waals surface area contributed by atoms with Crippen LogP contribution in [0.2, 0.25) is 0 Å². The van der Waals surface area contributed by atoms with E-state index in [0.29, 0.717) is 26.2 Å². The summed E-state index contributed by atoms with van der Waals surface area (Å²) >= 11 is 0. The standard InChI is InChI=1S/C10H16N4O4/c15-8-6-12-10(18)14(8)4-3-13-2-1-11-5-7(13)9(16)17/h7,11H,1-6H2,(H,12,18)(H,16,17).